The highest BCUT2D eigenvalue weighted by atomic mass is 19.1. The molecule has 0 amide bonds. The lowest BCUT2D eigenvalue weighted by Gasteiger charge is -2.20. The van der Waals surface area contributed by atoms with Crippen molar-refractivity contribution in [1.29, 1.82) is 0 Å². The van der Waals surface area contributed by atoms with Crippen LogP contribution in [0.25, 0.3) is 11.0 Å². The first-order chi connectivity index (χ1) is 8.23. The third-order valence-electron chi connectivity index (χ3n) is 3.30. The first-order valence-electron chi connectivity index (χ1n) is 6.41. The molecule has 0 saturated heterocycles. The van der Waals surface area contributed by atoms with E-state index in [1.54, 1.807) is 0 Å². The van der Waals surface area contributed by atoms with Crippen molar-refractivity contribution in [3.63, 3.8) is 0 Å². The van der Waals surface area contributed by atoms with E-state index in [0.29, 0.717) is 5.52 Å². The fourth-order valence-corrected chi connectivity index (χ4v) is 2.48. The Balaban J connectivity index is 2.78. The van der Waals surface area contributed by atoms with E-state index in [9.17, 15) is 4.39 Å². The van der Waals surface area contributed by atoms with Crippen LogP contribution in [0.5, 0.6) is 0 Å². The quantitative estimate of drug-likeness (QED) is 0.733. The Labute approximate surface area is 108 Å². The number of fused-ring (bicyclic) bond motifs is 1. The molecule has 0 saturated carbocycles. The van der Waals surface area contributed by atoms with Gasteiger partial charge in [0.25, 0.3) is 0 Å². The number of benzene rings is 1. The number of nitrogens with zero attached hydrogens (tertiary/aromatic N) is 2. The Morgan fingerprint density at radius 3 is 2.33 bits per heavy atom. The van der Waals surface area contributed by atoms with E-state index in [4.69, 9.17) is 0 Å². The zero-order valence-electron chi connectivity index (χ0n) is 12.0. The van der Waals surface area contributed by atoms with Gasteiger partial charge in [-0.05, 0) is 37.8 Å². The number of rotatable bonds is 1. The van der Waals surface area contributed by atoms with Crippen molar-refractivity contribution in [2.45, 2.75) is 53.0 Å². The Morgan fingerprint density at radius 2 is 1.83 bits per heavy atom. The Morgan fingerprint density at radius 1 is 1.22 bits per heavy atom. The lowest BCUT2D eigenvalue weighted by atomic mass is 9.86. The third kappa shape index (κ3) is 1.92. The molecular formula is C15H21FN2. The molecule has 0 atom stereocenters. The second-order valence-corrected chi connectivity index (χ2v) is 6.17. The van der Waals surface area contributed by atoms with Gasteiger partial charge in [0.2, 0.25) is 0 Å². The molecule has 0 N–H and O–H groups in total. The predicted molar refractivity (Wildman–Crippen MR) is 73.5 cm³/mol. The van der Waals surface area contributed by atoms with Gasteiger partial charge in [-0.15, -0.1) is 0 Å². The van der Waals surface area contributed by atoms with Gasteiger partial charge >= 0.3 is 0 Å². The van der Waals surface area contributed by atoms with Crippen LogP contribution in [0.4, 0.5) is 4.39 Å². The summed E-state index contributed by atoms with van der Waals surface area (Å²) in [5.74, 6) is 0.687. The van der Waals surface area contributed by atoms with Crippen LogP contribution in [-0.2, 0) is 5.41 Å². The summed E-state index contributed by atoms with van der Waals surface area (Å²) in [4.78, 5) is 4.40. The van der Waals surface area contributed by atoms with E-state index in [-0.39, 0.29) is 17.3 Å². The van der Waals surface area contributed by atoms with Gasteiger partial charge in [-0.3, -0.25) is 0 Å². The fourth-order valence-electron chi connectivity index (χ4n) is 2.48. The lowest BCUT2D eigenvalue weighted by Crippen LogP contribution is -2.13. The molecule has 0 aliphatic rings. The molecule has 0 aliphatic carbocycles. The smallest absolute Gasteiger partial charge is 0.154 e. The van der Waals surface area contributed by atoms with Gasteiger partial charge in [0.05, 0.1) is 5.52 Å². The summed E-state index contributed by atoms with van der Waals surface area (Å²) < 4.78 is 16.6. The molecule has 1 heterocycles. The lowest BCUT2D eigenvalue weighted by molar-refractivity contribution is 0.528. The number of aryl methyl sites for hydroxylation is 1. The minimum Gasteiger partial charge on any atom is -0.326 e. The molecule has 2 aromatic rings. The molecule has 0 aliphatic heterocycles. The number of aromatic nitrogens is 2. The number of hydrogen-bond donors (Lipinski definition) is 0. The van der Waals surface area contributed by atoms with Crippen molar-refractivity contribution in [2.75, 3.05) is 0 Å². The van der Waals surface area contributed by atoms with Crippen molar-refractivity contribution in [3.05, 3.63) is 29.3 Å². The topological polar surface area (TPSA) is 17.8 Å². The van der Waals surface area contributed by atoms with Gasteiger partial charge in [-0.1, -0.05) is 26.8 Å². The molecule has 1 aromatic heterocycles. The van der Waals surface area contributed by atoms with Crippen molar-refractivity contribution in [3.8, 4) is 0 Å². The van der Waals surface area contributed by atoms with Crippen molar-refractivity contribution in [2.24, 2.45) is 0 Å². The Hall–Kier alpha value is -1.38. The number of imidazole rings is 1. The predicted octanol–water partition coefficient (Wildman–Crippen LogP) is 4.36. The van der Waals surface area contributed by atoms with Crippen molar-refractivity contribution >= 4 is 11.0 Å². The molecular weight excluding hydrogens is 227 g/mol. The van der Waals surface area contributed by atoms with Gasteiger partial charge in [0.15, 0.2) is 5.82 Å². The van der Waals surface area contributed by atoms with E-state index in [1.165, 1.54) is 0 Å². The maximum atomic E-state index is 14.5. The zero-order valence-corrected chi connectivity index (χ0v) is 12.0. The van der Waals surface area contributed by atoms with Crippen molar-refractivity contribution < 1.29 is 4.39 Å². The summed E-state index contributed by atoms with van der Waals surface area (Å²) in [6.45, 7) is 12.2. The van der Waals surface area contributed by atoms with Gasteiger partial charge in [-0.25, -0.2) is 9.37 Å². The molecule has 0 bridgehead atoms. The van der Waals surface area contributed by atoms with Crippen LogP contribution in [0.2, 0.25) is 0 Å². The normalized spacial score (nSPS) is 12.7. The van der Waals surface area contributed by atoms with Gasteiger partial charge in [0.1, 0.15) is 11.3 Å². The summed E-state index contributed by atoms with van der Waals surface area (Å²) in [5.41, 5.74) is 1.90. The second-order valence-electron chi connectivity index (χ2n) is 6.17. The molecule has 2 nitrogen and oxygen atoms in total. The summed E-state index contributed by atoms with van der Waals surface area (Å²) in [7, 11) is 0. The maximum Gasteiger partial charge on any atom is 0.154 e. The average Bonchev–Trinajstić information content (AvgIpc) is 2.53. The van der Waals surface area contributed by atoms with Crippen LogP contribution < -0.4 is 0 Å². The molecule has 0 spiro atoms. The van der Waals surface area contributed by atoms with Crippen LogP contribution in [0.15, 0.2) is 12.1 Å². The summed E-state index contributed by atoms with van der Waals surface area (Å²) in [6.07, 6.45) is 0. The fraction of sp³-hybridized carbons (Fsp3) is 0.533. The van der Waals surface area contributed by atoms with Crippen molar-refractivity contribution in [1.82, 2.24) is 9.55 Å². The zero-order chi connectivity index (χ0) is 13.7. The van der Waals surface area contributed by atoms with E-state index < -0.39 is 0 Å². The molecule has 18 heavy (non-hydrogen) atoms. The highest BCUT2D eigenvalue weighted by Crippen LogP contribution is 2.31. The highest BCUT2D eigenvalue weighted by Gasteiger charge is 2.23. The summed E-state index contributed by atoms with van der Waals surface area (Å²) in [5, 5.41) is 0. The minimum absolute atomic E-state index is 0.178. The molecule has 0 fully saturated rings. The Bertz CT molecular complexity index is 589. The third-order valence-corrected chi connectivity index (χ3v) is 3.30. The standard InChI is InChI=1S/C15H21FN2/c1-9(2)18-10(3)17-14-12(18)8-7-11(13(14)16)15(4,5)6/h7-9H,1-6H3. The van der Waals surface area contributed by atoms with E-state index in [1.807, 2.05) is 39.8 Å². The van der Waals surface area contributed by atoms with Gasteiger partial charge < -0.3 is 4.57 Å². The number of hydrogen-bond acceptors (Lipinski definition) is 1. The highest BCUT2D eigenvalue weighted by molar-refractivity contribution is 5.78. The molecule has 2 rings (SSSR count). The SMILES string of the molecule is Cc1nc2c(F)c(C(C)(C)C)ccc2n1C(C)C. The summed E-state index contributed by atoms with van der Waals surface area (Å²) >= 11 is 0. The van der Waals surface area contributed by atoms with E-state index >= 15 is 0 Å². The maximum absolute atomic E-state index is 14.5. The summed E-state index contributed by atoms with van der Waals surface area (Å²) in [6, 6.07) is 4.16. The van der Waals surface area contributed by atoms with Crippen LogP contribution in [0.1, 0.15) is 52.0 Å². The first kappa shape index (κ1) is 13.1. The van der Waals surface area contributed by atoms with Crippen LogP contribution in [-0.4, -0.2) is 9.55 Å². The van der Waals surface area contributed by atoms with Gasteiger partial charge in [-0.2, -0.15) is 0 Å². The van der Waals surface area contributed by atoms with Crippen LogP contribution >= 0.6 is 0 Å². The number of halogens is 1. The van der Waals surface area contributed by atoms with E-state index in [0.717, 1.165) is 16.9 Å². The average molecular weight is 248 g/mol. The van der Waals surface area contributed by atoms with Crippen LogP contribution in [0.3, 0.4) is 0 Å². The molecule has 0 unspecified atom stereocenters. The molecule has 3 heteroatoms. The first-order valence-corrected chi connectivity index (χ1v) is 6.41. The molecule has 98 valence electrons. The molecule has 0 radical (unpaired) electrons. The second kappa shape index (κ2) is 4.08. The Kier molecular flexibility index (Phi) is 2.96. The van der Waals surface area contributed by atoms with Crippen LogP contribution in [0, 0.1) is 12.7 Å². The van der Waals surface area contributed by atoms with Gasteiger partial charge in [0, 0.05) is 6.04 Å². The molecule has 1 aromatic carbocycles. The minimum atomic E-state index is -0.201. The largest absolute Gasteiger partial charge is 0.326 e. The monoisotopic (exact) mass is 248 g/mol. The van der Waals surface area contributed by atoms with E-state index in [2.05, 4.69) is 23.4 Å².